The summed E-state index contributed by atoms with van der Waals surface area (Å²) in [6, 6.07) is 10.4. The Morgan fingerprint density at radius 1 is 0.655 bits per heavy atom. The van der Waals surface area contributed by atoms with Gasteiger partial charge in [-0.15, -0.1) is 0 Å². The minimum atomic E-state index is -1.32. The summed E-state index contributed by atoms with van der Waals surface area (Å²) >= 11 is 1.43. The van der Waals surface area contributed by atoms with Gasteiger partial charge in [0.15, 0.2) is 0 Å². The number of rotatable bonds is 25. The van der Waals surface area contributed by atoms with Gasteiger partial charge in [0.05, 0.1) is 19.0 Å². The Labute approximate surface area is 343 Å². The number of nitrogens with one attached hydrogen (secondary N) is 6. The van der Waals surface area contributed by atoms with Crippen molar-refractivity contribution in [2.24, 2.45) is 23.3 Å². The number of carbonyl (C=O) groups excluding carboxylic acids is 7. The van der Waals surface area contributed by atoms with Gasteiger partial charge >= 0.3 is 5.97 Å². The monoisotopic (exact) mass is 826 g/mol. The van der Waals surface area contributed by atoms with Crippen LogP contribution in [-0.2, 0) is 51.2 Å². The van der Waals surface area contributed by atoms with E-state index in [0.29, 0.717) is 16.9 Å². The first-order valence-electron chi connectivity index (χ1n) is 19.0. The van der Waals surface area contributed by atoms with Crippen molar-refractivity contribution in [2.75, 3.05) is 18.6 Å². The first-order chi connectivity index (χ1) is 27.4. The topological polar surface area (TPSA) is 281 Å². The van der Waals surface area contributed by atoms with Crippen molar-refractivity contribution in [3.63, 3.8) is 0 Å². The van der Waals surface area contributed by atoms with Gasteiger partial charge in [0.25, 0.3) is 0 Å². The van der Waals surface area contributed by atoms with Crippen molar-refractivity contribution in [1.29, 1.82) is 0 Å². The number of thioether (sulfide) groups is 1. The zero-order valence-corrected chi connectivity index (χ0v) is 34.4. The van der Waals surface area contributed by atoms with Crippen LogP contribution in [0.3, 0.4) is 0 Å². The van der Waals surface area contributed by atoms with E-state index in [0.717, 1.165) is 0 Å². The molecule has 0 saturated carbocycles. The molecule has 318 valence electrons. The lowest BCUT2D eigenvalue weighted by atomic mass is 10.00. The van der Waals surface area contributed by atoms with Crippen molar-refractivity contribution in [1.82, 2.24) is 31.9 Å². The maximum atomic E-state index is 14.0. The molecule has 0 aliphatic carbocycles. The van der Waals surface area contributed by atoms with Crippen LogP contribution in [0.2, 0.25) is 0 Å². The highest BCUT2D eigenvalue weighted by Crippen LogP contribution is 2.11. The molecule has 0 unspecified atom stereocenters. The minimum absolute atomic E-state index is 0.000231. The molecule has 0 bridgehead atoms. The van der Waals surface area contributed by atoms with E-state index in [9.17, 15) is 43.5 Å². The molecule has 0 saturated heterocycles. The van der Waals surface area contributed by atoms with Gasteiger partial charge in [-0.1, -0.05) is 88.4 Å². The van der Waals surface area contributed by atoms with E-state index in [1.165, 1.54) is 11.8 Å². The molecule has 0 aliphatic heterocycles. The Morgan fingerprint density at radius 2 is 1.14 bits per heavy atom. The third kappa shape index (κ3) is 17.8. The molecule has 6 atom stereocenters. The van der Waals surface area contributed by atoms with E-state index < -0.39 is 102 Å². The molecular weight excluding hydrogens is 769 g/mol. The summed E-state index contributed by atoms with van der Waals surface area (Å²) < 4.78 is 0. The van der Waals surface area contributed by atoms with E-state index >= 15 is 0 Å². The molecule has 2 aromatic carbocycles. The molecule has 7 amide bonds. The first-order valence-corrected chi connectivity index (χ1v) is 20.4. The van der Waals surface area contributed by atoms with E-state index in [-0.39, 0.29) is 31.6 Å². The summed E-state index contributed by atoms with van der Waals surface area (Å²) in [6.45, 7) is 6.46. The molecule has 17 nitrogen and oxygen atoms in total. The molecule has 11 N–H and O–H groups in total. The number of carboxylic acids is 1. The van der Waals surface area contributed by atoms with E-state index in [4.69, 9.17) is 11.5 Å². The molecule has 0 fully saturated rings. The fourth-order valence-electron chi connectivity index (χ4n) is 5.76. The molecule has 0 spiro atoms. The Kier molecular flexibility index (Phi) is 21.0. The normalized spacial score (nSPS) is 14.1. The van der Waals surface area contributed by atoms with Crippen LogP contribution in [-0.4, -0.2) is 107 Å². The van der Waals surface area contributed by atoms with Gasteiger partial charge in [0.1, 0.15) is 30.2 Å². The number of aliphatic carboxylic acids is 1. The summed E-state index contributed by atoms with van der Waals surface area (Å²) in [7, 11) is 0. The summed E-state index contributed by atoms with van der Waals surface area (Å²) in [5.41, 5.74) is 12.4. The summed E-state index contributed by atoms with van der Waals surface area (Å²) in [5.74, 6) is -6.40. The van der Waals surface area contributed by atoms with Gasteiger partial charge in [0, 0.05) is 12.8 Å². The Morgan fingerprint density at radius 3 is 1.60 bits per heavy atom. The molecular formula is C40H58N8O9S. The number of hydrogen-bond donors (Lipinski definition) is 9. The lowest BCUT2D eigenvalue weighted by molar-refractivity contribution is -0.142. The van der Waals surface area contributed by atoms with Crippen molar-refractivity contribution >= 4 is 59.1 Å². The van der Waals surface area contributed by atoms with Crippen LogP contribution in [0.25, 0.3) is 0 Å². The van der Waals surface area contributed by atoms with Crippen LogP contribution >= 0.6 is 11.8 Å². The highest BCUT2D eigenvalue weighted by atomic mass is 32.2. The molecule has 0 aromatic heterocycles. The Hall–Kier alpha value is -5.49. The predicted octanol–water partition coefficient (Wildman–Crippen LogP) is -0.245. The minimum Gasteiger partial charge on any atom is -0.480 e. The van der Waals surface area contributed by atoms with Crippen molar-refractivity contribution in [2.45, 2.75) is 96.1 Å². The van der Waals surface area contributed by atoms with Crippen LogP contribution < -0.4 is 43.4 Å². The van der Waals surface area contributed by atoms with Crippen LogP contribution in [0.15, 0.2) is 60.7 Å². The number of hydrogen-bond acceptors (Lipinski definition) is 10. The first kappa shape index (κ1) is 48.7. The van der Waals surface area contributed by atoms with E-state index in [1.807, 2.05) is 20.1 Å². The largest absolute Gasteiger partial charge is 0.480 e. The van der Waals surface area contributed by atoms with Crippen molar-refractivity contribution in [3.8, 4) is 0 Å². The van der Waals surface area contributed by atoms with Crippen LogP contribution in [0, 0.1) is 11.8 Å². The smallest absolute Gasteiger partial charge is 0.326 e. The number of primary amides is 1. The highest BCUT2D eigenvalue weighted by molar-refractivity contribution is 7.98. The average molecular weight is 827 g/mol. The predicted molar refractivity (Wildman–Crippen MR) is 220 cm³/mol. The van der Waals surface area contributed by atoms with Crippen LogP contribution in [0.1, 0.15) is 58.1 Å². The number of amides is 7. The zero-order chi connectivity index (χ0) is 43.4. The quantitative estimate of drug-likeness (QED) is 0.0630. The van der Waals surface area contributed by atoms with Crippen molar-refractivity contribution in [3.05, 3.63) is 71.8 Å². The van der Waals surface area contributed by atoms with Gasteiger partial charge in [-0.3, -0.25) is 33.6 Å². The fourth-order valence-corrected chi connectivity index (χ4v) is 6.23. The number of carbonyl (C=O) groups is 8. The zero-order valence-electron chi connectivity index (χ0n) is 33.6. The summed E-state index contributed by atoms with van der Waals surface area (Å²) in [4.78, 5) is 103. The van der Waals surface area contributed by atoms with Gasteiger partial charge in [-0.25, -0.2) is 4.79 Å². The van der Waals surface area contributed by atoms with Gasteiger partial charge in [-0.05, 0) is 47.8 Å². The Bertz CT molecular complexity index is 1700. The summed E-state index contributed by atoms with van der Waals surface area (Å²) in [6.07, 6.45) is 1.77. The second kappa shape index (κ2) is 25.0. The van der Waals surface area contributed by atoms with Crippen molar-refractivity contribution < 1.29 is 43.5 Å². The van der Waals surface area contributed by atoms with E-state index in [2.05, 4.69) is 31.9 Å². The number of carboxylic acid groups (broad SMARTS) is 1. The third-order valence-electron chi connectivity index (χ3n) is 8.84. The van der Waals surface area contributed by atoms with E-state index in [1.54, 1.807) is 74.5 Å². The van der Waals surface area contributed by atoms with Gasteiger partial charge < -0.3 is 48.5 Å². The molecule has 0 aliphatic rings. The molecule has 0 radical (unpaired) electrons. The lowest BCUT2D eigenvalue weighted by Crippen LogP contribution is -2.60. The number of benzene rings is 2. The Balaban J connectivity index is 2.25. The second-order valence-electron chi connectivity index (χ2n) is 14.7. The second-order valence-corrected chi connectivity index (χ2v) is 15.6. The van der Waals surface area contributed by atoms with Crippen LogP contribution in [0.5, 0.6) is 0 Å². The molecule has 2 rings (SSSR count). The third-order valence-corrected chi connectivity index (χ3v) is 9.49. The average Bonchev–Trinajstić information content (AvgIpc) is 3.16. The fraction of sp³-hybridized carbons (Fsp3) is 0.500. The maximum absolute atomic E-state index is 14.0. The standard InChI is InChI=1S/C40H58N8O9S/c1-23(2)18-29(36(52)45-28(40(56)57)16-17-58-5)44-33(50)22-43-39(55)34(24(3)4)48-38(54)31(20-26-14-10-7-11-15-26)47-37(53)30(19-25-12-8-6-9-13-25)46-35(51)27(41)21-32(42)49/h6-15,23-24,27-31,34H,16-22,41H2,1-5H3,(H2,42,49)(H,43,55)(H,44,50)(H,45,52)(H,46,51)(H,47,53)(H,48,54)(H,56,57)/t27-,28-,29-,30-,31-,34-/m0/s1. The van der Waals surface area contributed by atoms with Gasteiger partial charge in [-0.2, -0.15) is 11.8 Å². The molecule has 18 heteroatoms. The highest BCUT2D eigenvalue weighted by Gasteiger charge is 2.33. The molecule has 2 aromatic rings. The van der Waals surface area contributed by atoms with Gasteiger partial charge in [0.2, 0.25) is 41.4 Å². The summed E-state index contributed by atoms with van der Waals surface area (Å²) in [5, 5.41) is 25.1. The molecule has 58 heavy (non-hydrogen) atoms. The SMILES string of the molecule is CSCC[C@H](NC(=O)[C@H](CC(C)C)NC(=O)CNC(=O)[C@@H](NC(=O)[C@H](Cc1ccccc1)NC(=O)[C@H](Cc1ccccc1)NC(=O)[C@@H](N)CC(N)=O)C(C)C)C(=O)O. The lowest BCUT2D eigenvalue weighted by Gasteiger charge is -2.27. The maximum Gasteiger partial charge on any atom is 0.326 e. The number of nitrogens with two attached hydrogens (primary N) is 2. The molecule has 0 heterocycles. The van der Waals surface area contributed by atoms with Crippen LogP contribution in [0.4, 0.5) is 0 Å².